The van der Waals surface area contributed by atoms with Crippen molar-refractivity contribution in [2.75, 3.05) is 17.6 Å². The van der Waals surface area contributed by atoms with Crippen LogP contribution in [0.15, 0.2) is 12.4 Å². The van der Waals surface area contributed by atoms with Crippen LogP contribution in [-0.4, -0.2) is 25.7 Å². The molecule has 2 aromatic heterocycles. The lowest BCUT2D eigenvalue weighted by molar-refractivity contribution is 0.555. The van der Waals surface area contributed by atoms with Crippen LogP contribution >= 0.6 is 11.5 Å². The minimum Gasteiger partial charge on any atom is -0.396 e. The van der Waals surface area contributed by atoms with Crippen molar-refractivity contribution in [2.24, 2.45) is 0 Å². The van der Waals surface area contributed by atoms with Gasteiger partial charge in [-0.1, -0.05) is 20.8 Å². The SMILES string of the molecule is CC(C)(C)c1nsc(NCCn2cc(N)cn2)n1. The van der Waals surface area contributed by atoms with Crippen LogP contribution in [0.5, 0.6) is 0 Å². The molecule has 0 aromatic carbocycles. The first kappa shape index (κ1) is 12.8. The van der Waals surface area contributed by atoms with E-state index in [9.17, 15) is 0 Å². The summed E-state index contributed by atoms with van der Waals surface area (Å²) in [5, 5.41) is 8.20. The Hall–Kier alpha value is -1.63. The van der Waals surface area contributed by atoms with Crippen molar-refractivity contribution in [1.82, 2.24) is 19.1 Å². The fourth-order valence-electron chi connectivity index (χ4n) is 1.38. The largest absolute Gasteiger partial charge is 0.396 e. The molecule has 0 spiro atoms. The number of anilines is 2. The highest BCUT2D eigenvalue weighted by Crippen LogP contribution is 2.22. The molecule has 0 aliphatic heterocycles. The number of nitrogens with two attached hydrogens (primary N) is 1. The maximum absolute atomic E-state index is 5.59. The van der Waals surface area contributed by atoms with Crippen LogP contribution in [0.25, 0.3) is 0 Å². The molecule has 98 valence electrons. The summed E-state index contributed by atoms with van der Waals surface area (Å²) in [6.07, 6.45) is 3.45. The molecule has 6 nitrogen and oxygen atoms in total. The minimum absolute atomic E-state index is 0.00708. The molecule has 3 N–H and O–H groups in total. The van der Waals surface area contributed by atoms with E-state index in [1.54, 1.807) is 10.9 Å². The minimum atomic E-state index is -0.00708. The summed E-state index contributed by atoms with van der Waals surface area (Å²) in [6.45, 7) is 7.81. The standard InChI is InChI=1S/C11H18N6S/c1-11(2,3)9-15-10(18-16-9)13-4-5-17-7-8(12)6-14-17/h6-7H,4-5,12H2,1-3H3,(H,13,15,16). The van der Waals surface area contributed by atoms with Crippen molar-refractivity contribution in [3.63, 3.8) is 0 Å². The average molecular weight is 266 g/mol. The molecule has 0 atom stereocenters. The lowest BCUT2D eigenvalue weighted by Gasteiger charge is -2.12. The normalized spacial score (nSPS) is 11.7. The number of hydrogen-bond acceptors (Lipinski definition) is 6. The van der Waals surface area contributed by atoms with Crippen LogP contribution in [0, 0.1) is 0 Å². The molecule has 0 fully saturated rings. The van der Waals surface area contributed by atoms with Crippen molar-refractivity contribution < 1.29 is 0 Å². The fourth-order valence-corrected chi connectivity index (χ4v) is 2.16. The molecule has 2 heterocycles. The van der Waals surface area contributed by atoms with Gasteiger partial charge in [0.15, 0.2) is 0 Å². The van der Waals surface area contributed by atoms with E-state index in [-0.39, 0.29) is 5.41 Å². The number of aromatic nitrogens is 4. The second-order valence-electron chi connectivity index (χ2n) is 5.14. The molecule has 2 aromatic rings. The molecule has 18 heavy (non-hydrogen) atoms. The van der Waals surface area contributed by atoms with Gasteiger partial charge in [0, 0.05) is 29.7 Å². The van der Waals surface area contributed by atoms with Crippen molar-refractivity contribution in [3.05, 3.63) is 18.2 Å². The third-order valence-corrected chi connectivity index (χ3v) is 3.04. The molecule has 0 unspecified atom stereocenters. The van der Waals surface area contributed by atoms with E-state index in [0.29, 0.717) is 5.69 Å². The summed E-state index contributed by atoms with van der Waals surface area (Å²) in [5.41, 5.74) is 6.26. The van der Waals surface area contributed by atoms with Gasteiger partial charge in [-0.2, -0.15) is 9.47 Å². The second kappa shape index (κ2) is 4.93. The van der Waals surface area contributed by atoms with Crippen LogP contribution in [0.1, 0.15) is 26.6 Å². The molecule has 0 saturated heterocycles. The van der Waals surface area contributed by atoms with E-state index in [1.165, 1.54) is 11.5 Å². The van der Waals surface area contributed by atoms with Gasteiger partial charge in [-0.3, -0.25) is 4.68 Å². The Bertz CT molecular complexity index is 510. The first-order chi connectivity index (χ1) is 8.45. The van der Waals surface area contributed by atoms with Gasteiger partial charge in [0.2, 0.25) is 5.13 Å². The first-order valence-corrected chi connectivity index (χ1v) is 6.58. The van der Waals surface area contributed by atoms with E-state index in [2.05, 4.69) is 40.5 Å². The second-order valence-corrected chi connectivity index (χ2v) is 5.89. The van der Waals surface area contributed by atoms with Crippen molar-refractivity contribution in [2.45, 2.75) is 32.7 Å². The summed E-state index contributed by atoms with van der Waals surface area (Å²) in [7, 11) is 0. The van der Waals surface area contributed by atoms with E-state index in [0.717, 1.165) is 24.0 Å². The van der Waals surface area contributed by atoms with E-state index < -0.39 is 0 Å². The summed E-state index contributed by atoms with van der Waals surface area (Å²) < 4.78 is 6.14. The predicted octanol–water partition coefficient (Wildman–Crippen LogP) is 1.73. The van der Waals surface area contributed by atoms with Gasteiger partial charge in [-0.25, -0.2) is 4.98 Å². The van der Waals surface area contributed by atoms with Crippen LogP contribution in [0.4, 0.5) is 10.8 Å². The molecule has 0 amide bonds. The van der Waals surface area contributed by atoms with Crippen LogP contribution in [0.3, 0.4) is 0 Å². The topological polar surface area (TPSA) is 81.7 Å². The van der Waals surface area contributed by atoms with Gasteiger partial charge in [0.05, 0.1) is 18.4 Å². The Morgan fingerprint density at radius 2 is 2.22 bits per heavy atom. The summed E-state index contributed by atoms with van der Waals surface area (Å²) in [5.74, 6) is 0.873. The molecule has 0 bridgehead atoms. The quantitative estimate of drug-likeness (QED) is 0.880. The Labute approximate surface area is 110 Å². The average Bonchev–Trinajstić information content (AvgIpc) is 2.87. The Morgan fingerprint density at radius 3 is 2.78 bits per heavy atom. The number of nitrogens with one attached hydrogen (secondary N) is 1. The molecule has 0 radical (unpaired) electrons. The molecule has 2 rings (SSSR count). The Balaban J connectivity index is 1.85. The monoisotopic (exact) mass is 266 g/mol. The van der Waals surface area contributed by atoms with Gasteiger partial charge in [-0.15, -0.1) is 0 Å². The van der Waals surface area contributed by atoms with Crippen LogP contribution in [-0.2, 0) is 12.0 Å². The maximum atomic E-state index is 5.59. The van der Waals surface area contributed by atoms with E-state index >= 15 is 0 Å². The zero-order chi connectivity index (χ0) is 13.2. The third-order valence-electron chi connectivity index (χ3n) is 2.37. The molecular formula is C11H18N6S. The highest BCUT2D eigenvalue weighted by Gasteiger charge is 2.19. The zero-order valence-electron chi connectivity index (χ0n) is 10.8. The maximum Gasteiger partial charge on any atom is 0.202 e. The molecule has 0 aliphatic carbocycles. The van der Waals surface area contributed by atoms with Crippen molar-refractivity contribution in [1.29, 1.82) is 0 Å². The number of hydrogen-bond donors (Lipinski definition) is 2. The van der Waals surface area contributed by atoms with Gasteiger partial charge >= 0.3 is 0 Å². The predicted molar refractivity (Wildman–Crippen MR) is 73.7 cm³/mol. The van der Waals surface area contributed by atoms with Crippen LogP contribution in [0.2, 0.25) is 0 Å². The highest BCUT2D eigenvalue weighted by molar-refractivity contribution is 7.09. The molecular weight excluding hydrogens is 248 g/mol. The number of rotatable bonds is 4. The van der Waals surface area contributed by atoms with Crippen LogP contribution < -0.4 is 11.1 Å². The lowest BCUT2D eigenvalue weighted by atomic mass is 9.96. The molecule has 0 aliphatic rings. The third kappa shape index (κ3) is 3.19. The summed E-state index contributed by atoms with van der Waals surface area (Å²) in [4.78, 5) is 4.46. The fraction of sp³-hybridized carbons (Fsp3) is 0.545. The molecule has 7 heteroatoms. The number of nitrogen functional groups attached to an aromatic ring is 1. The summed E-state index contributed by atoms with van der Waals surface area (Å²) in [6, 6.07) is 0. The van der Waals surface area contributed by atoms with Gasteiger partial charge in [0.25, 0.3) is 0 Å². The first-order valence-electron chi connectivity index (χ1n) is 5.81. The lowest BCUT2D eigenvalue weighted by Crippen LogP contribution is -2.14. The van der Waals surface area contributed by atoms with E-state index in [4.69, 9.17) is 5.73 Å². The number of nitrogens with zero attached hydrogens (tertiary/aromatic N) is 4. The summed E-state index contributed by atoms with van der Waals surface area (Å²) >= 11 is 1.39. The zero-order valence-corrected chi connectivity index (χ0v) is 11.7. The molecule has 0 saturated carbocycles. The Morgan fingerprint density at radius 1 is 1.44 bits per heavy atom. The van der Waals surface area contributed by atoms with Gasteiger partial charge in [-0.05, 0) is 0 Å². The van der Waals surface area contributed by atoms with Crippen molar-refractivity contribution in [3.8, 4) is 0 Å². The van der Waals surface area contributed by atoms with E-state index in [1.807, 2.05) is 6.20 Å². The Kier molecular flexibility index (Phi) is 3.51. The van der Waals surface area contributed by atoms with Crippen molar-refractivity contribution >= 4 is 22.4 Å². The smallest absolute Gasteiger partial charge is 0.202 e. The highest BCUT2D eigenvalue weighted by atomic mass is 32.1. The van der Waals surface area contributed by atoms with Gasteiger partial charge < -0.3 is 11.1 Å². The van der Waals surface area contributed by atoms with Gasteiger partial charge in [0.1, 0.15) is 5.82 Å².